The van der Waals surface area contributed by atoms with E-state index in [1.807, 2.05) is 12.2 Å². The largest absolute Gasteiger partial charge is 0.121 e. The van der Waals surface area contributed by atoms with Gasteiger partial charge in [-0.15, -0.1) is 5.73 Å². The zero-order valence-corrected chi connectivity index (χ0v) is 6.64. The van der Waals surface area contributed by atoms with Crippen LogP contribution < -0.4 is 0 Å². The Morgan fingerprint density at radius 3 is 2.00 bits per heavy atom. The van der Waals surface area contributed by atoms with Crippen molar-refractivity contribution in [2.45, 2.75) is 25.7 Å². The Morgan fingerprint density at radius 2 is 1.45 bits per heavy atom. The molecular formula is C11H12. The van der Waals surface area contributed by atoms with Crippen molar-refractivity contribution in [1.82, 2.24) is 0 Å². The molecule has 0 amide bonds. The molecule has 0 heteroatoms. The molecule has 2 aliphatic rings. The maximum Gasteiger partial charge on any atom is -0.0197 e. The molecule has 2 rings (SSSR count). The zero-order valence-electron chi connectivity index (χ0n) is 6.64. The summed E-state index contributed by atoms with van der Waals surface area (Å²) in [6.07, 6.45) is 13.7. The Labute approximate surface area is 67.6 Å². The van der Waals surface area contributed by atoms with Gasteiger partial charge in [-0.2, -0.15) is 0 Å². The van der Waals surface area contributed by atoms with Crippen molar-refractivity contribution in [2.24, 2.45) is 0 Å². The van der Waals surface area contributed by atoms with E-state index >= 15 is 0 Å². The van der Waals surface area contributed by atoms with E-state index in [2.05, 4.69) is 17.9 Å². The number of fused-ring (bicyclic) bond motifs is 1. The molecule has 0 atom stereocenters. The van der Waals surface area contributed by atoms with Crippen molar-refractivity contribution >= 4 is 0 Å². The molecule has 0 aromatic heterocycles. The fraction of sp³-hybridized carbons (Fsp3) is 0.364. The summed E-state index contributed by atoms with van der Waals surface area (Å²) < 4.78 is 0. The van der Waals surface area contributed by atoms with E-state index in [4.69, 9.17) is 0 Å². The maximum atomic E-state index is 3.10. The molecule has 0 saturated heterocycles. The molecule has 0 aliphatic heterocycles. The molecular weight excluding hydrogens is 132 g/mol. The summed E-state index contributed by atoms with van der Waals surface area (Å²) in [5.74, 6) is 0. The van der Waals surface area contributed by atoms with E-state index in [-0.39, 0.29) is 0 Å². The van der Waals surface area contributed by atoms with Crippen LogP contribution in [0.15, 0.2) is 41.2 Å². The first-order chi connectivity index (χ1) is 5.47. The number of allylic oxidation sites excluding steroid dienone is 5. The summed E-state index contributed by atoms with van der Waals surface area (Å²) >= 11 is 0. The molecule has 1 fully saturated rings. The third kappa shape index (κ3) is 1.36. The van der Waals surface area contributed by atoms with Gasteiger partial charge in [0.2, 0.25) is 0 Å². The molecule has 0 spiro atoms. The second-order valence-electron chi connectivity index (χ2n) is 3.09. The summed E-state index contributed by atoms with van der Waals surface area (Å²) in [5, 5.41) is 0. The Kier molecular flexibility index (Phi) is 1.79. The first-order valence-electron chi connectivity index (χ1n) is 4.28. The van der Waals surface area contributed by atoms with Gasteiger partial charge in [-0.3, -0.25) is 0 Å². The third-order valence-corrected chi connectivity index (χ3v) is 2.32. The van der Waals surface area contributed by atoms with Crippen molar-refractivity contribution < 1.29 is 0 Å². The molecule has 0 N–H and O–H groups in total. The van der Waals surface area contributed by atoms with Crippen LogP contribution in [0.3, 0.4) is 0 Å². The first kappa shape index (κ1) is 6.69. The van der Waals surface area contributed by atoms with E-state index in [1.165, 1.54) is 36.8 Å². The minimum absolute atomic E-state index is 1.26. The monoisotopic (exact) mass is 144 g/mol. The van der Waals surface area contributed by atoms with Crippen LogP contribution in [-0.2, 0) is 0 Å². The number of rotatable bonds is 0. The second kappa shape index (κ2) is 2.94. The lowest BCUT2D eigenvalue weighted by Crippen LogP contribution is -1.97. The molecule has 1 saturated carbocycles. The predicted octanol–water partition coefficient (Wildman–Crippen LogP) is 3.14. The Hall–Kier alpha value is -1.00. The van der Waals surface area contributed by atoms with E-state index in [0.717, 1.165) is 0 Å². The van der Waals surface area contributed by atoms with Crippen LogP contribution in [0.2, 0.25) is 0 Å². The summed E-state index contributed by atoms with van der Waals surface area (Å²) in [4.78, 5) is 0. The zero-order chi connectivity index (χ0) is 7.52. The van der Waals surface area contributed by atoms with Crippen LogP contribution in [-0.4, -0.2) is 0 Å². The van der Waals surface area contributed by atoms with Crippen molar-refractivity contribution in [3.05, 3.63) is 41.2 Å². The third-order valence-electron chi connectivity index (χ3n) is 2.32. The van der Waals surface area contributed by atoms with Gasteiger partial charge in [0.05, 0.1) is 0 Å². The van der Waals surface area contributed by atoms with Gasteiger partial charge in [-0.05, 0) is 49.0 Å². The maximum absolute atomic E-state index is 3.10. The molecule has 0 heterocycles. The SMILES string of the molecule is C1=CC=C2CCCCC2=CC=1. The van der Waals surface area contributed by atoms with Gasteiger partial charge in [0, 0.05) is 0 Å². The summed E-state index contributed by atoms with van der Waals surface area (Å²) in [5.41, 5.74) is 6.15. The fourth-order valence-corrected chi connectivity index (χ4v) is 1.69. The van der Waals surface area contributed by atoms with E-state index in [0.29, 0.717) is 0 Å². The van der Waals surface area contributed by atoms with Crippen molar-refractivity contribution in [3.8, 4) is 0 Å². The standard InChI is InChI=1S/C11H12/c1-2-6-10-8-4-5-9-11(10)7-3-1/h2-3,6-7H,4-5,8-9H2. The van der Waals surface area contributed by atoms with Crippen LogP contribution in [0.1, 0.15) is 25.7 Å². The Morgan fingerprint density at radius 1 is 0.909 bits per heavy atom. The highest BCUT2D eigenvalue weighted by atomic mass is 14.1. The molecule has 0 bridgehead atoms. The lowest BCUT2D eigenvalue weighted by atomic mass is 9.89. The van der Waals surface area contributed by atoms with Crippen LogP contribution >= 0.6 is 0 Å². The van der Waals surface area contributed by atoms with Gasteiger partial charge >= 0.3 is 0 Å². The van der Waals surface area contributed by atoms with E-state index in [1.54, 1.807) is 0 Å². The van der Waals surface area contributed by atoms with Crippen LogP contribution in [0, 0.1) is 0 Å². The highest BCUT2D eigenvalue weighted by Crippen LogP contribution is 2.29. The van der Waals surface area contributed by atoms with Crippen molar-refractivity contribution in [3.63, 3.8) is 0 Å². The molecule has 0 aromatic rings. The molecule has 56 valence electrons. The predicted molar refractivity (Wildman–Crippen MR) is 47.3 cm³/mol. The minimum atomic E-state index is 1.26. The topological polar surface area (TPSA) is 0 Å². The molecule has 0 unspecified atom stereocenters. The van der Waals surface area contributed by atoms with Gasteiger partial charge in [-0.25, -0.2) is 0 Å². The van der Waals surface area contributed by atoms with Gasteiger partial charge in [0.1, 0.15) is 0 Å². The van der Waals surface area contributed by atoms with Crippen molar-refractivity contribution in [1.29, 1.82) is 0 Å². The summed E-state index contributed by atoms with van der Waals surface area (Å²) in [6.45, 7) is 0. The highest BCUT2D eigenvalue weighted by molar-refractivity contribution is 5.39. The van der Waals surface area contributed by atoms with Gasteiger partial charge < -0.3 is 0 Å². The van der Waals surface area contributed by atoms with Crippen LogP contribution in [0.5, 0.6) is 0 Å². The average molecular weight is 144 g/mol. The Balaban J connectivity index is 2.33. The Bertz CT molecular complexity index is 244. The smallest absolute Gasteiger partial charge is 0.0197 e. The van der Waals surface area contributed by atoms with E-state index in [9.17, 15) is 0 Å². The van der Waals surface area contributed by atoms with Gasteiger partial charge in [0.15, 0.2) is 0 Å². The van der Waals surface area contributed by atoms with E-state index < -0.39 is 0 Å². The van der Waals surface area contributed by atoms with Crippen LogP contribution in [0.4, 0.5) is 0 Å². The second-order valence-corrected chi connectivity index (χ2v) is 3.09. The first-order valence-corrected chi connectivity index (χ1v) is 4.28. The molecule has 0 nitrogen and oxygen atoms in total. The lowest BCUT2D eigenvalue weighted by molar-refractivity contribution is 0.679. The van der Waals surface area contributed by atoms with Crippen LogP contribution in [0.25, 0.3) is 0 Å². The molecule has 0 aromatic carbocycles. The molecule has 0 radical (unpaired) electrons. The quantitative estimate of drug-likeness (QED) is 0.458. The van der Waals surface area contributed by atoms with Gasteiger partial charge in [0.25, 0.3) is 0 Å². The number of hydrogen-bond donors (Lipinski definition) is 0. The molecule has 2 aliphatic carbocycles. The molecule has 11 heavy (non-hydrogen) atoms. The normalized spacial score (nSPS) is 21.8. The van der Waals surface area contributed by atoms with Crippen molar-refractivity contribution in [2.75, 3.05) is 0 Å². The lowest BCUT2D eigenvalue weighted by Gasteiger charge is -2.16. The van der Waals surface area contributed by atoms with Gasteiger partial charge in [-0.1, -0.05) is 12.2 Å². The average Bonchev–Trinajstić information content (AvgIpc) is 2.28. The fourth-order valence-electron chi connectivity index (χ4n) is 1.69. The number of hydrogen-bond acceptors (Lipinski definition) is 0. The summed E-state index contributed by atoms with van der Waals surface area (Å²) in [7, 11) is 0. The highest BCUT2D eigenvalue weighted by Gasteiger charge is 2.09. The summed E-state index contributed by atoms with van der Waals surface area (Å²) in [6, 6.07) is 0. The minimum Gasteiger partial charge on any atom is -0.121 e.